The molecule has 0 aliphatic carbocycles. The van der Waals surface area contributed by atoms with Crippen molar-refractivity contribution in [2.24, 2.45) is 5.73 Å². The Morgan fingerprint density at radius 2 is 2.29 bits per heavy atom. The van der Waals surface area contributed by atoms with Crippen molar-refractivity contribution in [3.63, 3.8) is 0 Å². The summed E-state index contributed by atoms with van der Waals surface area (Å²) in [6, 6.07) is 1.17. The Hall–Kier alpha value is -1.13. The van der Waals surface area contributed by atoms with Gasteiger partial charge in [0, 0.05) is 23.9 Å². The fraction of sp³-hybridized carbons (Fsp3) is 0.500. The van der Waals surface area contributed by atoms with Crippen molar-refractivity contribution in [3.05, 3.63) is 33.7 Å². The van der Waals surface area contributed by atoms with E-state index in [-0.39, 0.29) is 11.6 Å². The highest BCUT2D eigenvalue weighted by Crippen LogP contribution is 2.18. The highest BCUT2D eigenvalue weighted by Gasteiger charge is 2.16. The summed E-state index contributed by atoms with van der Waals surface area (Å²) in [5.41, 5.74) is 7.01. The molecule has 0 fully saturated rings. The molecule has 1 rings (SSSR count). The van der Waals surface area contributed by atoms with Gasteiger partial charge in [-0.25, -0.2) is 0 Å². The first kappa shape index (κ1) is 10.9. The number of pyridine rings is 1. The second kappa shape index (κ2) is 4.39. The molecule has 0 aliphatic heterocycles. The smallest absolute Gasteiger partial charge is 0.248 e. The van der Waals surface area contributed by atoms with E-state index in [0.717, 1.165) is 5.56 Å². The van der Waals surface area contributed by atoms with Crippen LogP contribution < -0.4 is 11.3 Å². The van der Waals surface area contributed by atoms with Crippen molar-refractivity contribution >= 4 is 0 Å². The maximum absolute atomic E-state index is 10.9. The molecule has 4 N–H and O–H groups in total. The number of hydrogen-bond donors (Lipinski definition) is 3. The first-order valence-corrected chi connectivity index (χ1v) is 4.69. The lowest BCUT2D eigenvalue weighted by atomic mass is 9.99. The third-order valence-corrected chi connectivity index (χ3v) is 2.37. The standard InChI is InChI=1S/C10H16N2O2/c1-3-8(11)10(14)7-5-12-9(13)4-6(7)2/h4-5,8,10,14H,3,11H2,1-2H3,(H,12,13)/t8-,10-/m0/s1. The highest BCUT2D eigenvalue weighted by atomic mass is 16.3. The van der Waals surface area contributed by atoms with Crippen LogP contribution in [-0.2, 0) is 0 Å². The van der Waals surface area contributed by atoms with E-state index in [0.29, 0.717) is 12.0 Å². The van der Waals surface area contributed by atoms with E-state index in [1.54, 1.807) is 6.92 Å². The van der Waals surface area contributed by atoms with E-state index in [1.807, 2.05) is 6.92 Å². The number of aryl methyl sites for hydroxylation is 1. The second-order valence-corrected chi connectivity index (χ2v) is 3.45. The first-order valence-electron chi connectivity index (χ1n) is 4.69. The quantitative estimate of drug-likeness (QED) is 0.657. The molecular formula is C10H16N2O2. The highest BCUT2D eigenvalue weighted by molar-refractivity contribution is 5.24. The van der Waals surface area contributed by atoms with Crippen LogP contribution in [0.25, 0.3) is 0 Å². The molecule has 0 radical (unpaired) electrons. The molecule has 1 heterocycles. The molecule has 0 aromatic carbocycles. The molecule has 0 unspecified atom stereocenters. The van der Waals surface area contributed by atoms with Crippen LogP contribution >= 0.6 is 0 Å². The number of H-pyrrole nitrogens is 1. The van der Waals surface area contributed by atoms with Gasteiger partial charge in [-0.3, -0.25) is 4.79 Å². The number of hydrogen-bond acceptors (Lipinski definition) is 3. The molecule has 2 atom stereocenters. The number of rotatable bonds is 3. The molecule has 0 aliphatic rings. The van der Waals surface area contributed by atoms with Crippen molar-refractivity contribution < 1.29 is 5.11 Å². The number of aromatic amines is 1. The van der Waals surface area contributed by atoms with Crippen molar-refractivity contribution in [1.29, 1.82) is 0 Å². The molecular weight excluding hydrogens is 180 g/mol. The van der Waals surface area contributed by atoms with Gasteiger partial charge in [-0.2, -0.15) is 0 Å². The van der Waals surface area contributed by atoms with E-state index in [2.05, 4.69) is 4.98 Å². The molecule has 0 saturated carbocycles. The lowest BCUT2D eigenvalue weighted by Crippen LogP contribution is -2.28. The molecule has 4 heteroatoms. The summed E-state index contributed by atoms with van der Waals surface area (Å²) in [7, 11) is 0. The minimum atomic E-state index is -0.711. The van der Waals surface area contributed by atoms with Gasteiger partial charge in [0.25, 0.3) is 0 Å². The van der Waals surface area contributed by atoms with Crippen LogP contribution in [0.1, 0.15) is 30.6 Å². The van der Waals surface area contributed by atoms with E-state index in [9.17, 15) is 9.90 Å². The zero-order chi connectivity index (χ0) is 10.7. The average molecular weight is 196 g/mol. The predicted octanol–water partition coefficient (Wildman–Crippen LogP) is 0.454. The lowest BCUT2D eigenvalue weighted by Gasteiger charge is -2.18. The summed E-state index contributed by atoms with van der Waals surface area (Å²) in [6.45, 7) is 3.70. The van der Waals surface area contributed by atoms with E-state index in [4.69, 9.17) is 5.73 Å². The Labute approximate surface area is 82.8 Å². The molecule has 14 heavy (non-hydrogen) atoms. The van der Waals surface area contributed by atoms with E-state index >= 15 is 0 Å². The summed E-state index contributed by atoms with van der Waals surface area (Å²) in [4.78, 5) is 13.5. The molecule has 78 valence electrons. The summed E-state index contributed by atoms with van der Waals surface area (Å²) in [5.74, 6) is 0. The van der Waals surface area contributed by atoms with Gasteiger partial charge in [-0.15, -0.1) is 0 Å². The van der Waals surface area contributed by atoms with Crippen molar-refractivity contribution in [2.75, 3.05) is 0 Å². The van der Waals surface area contributed by atoms with Gasteiger partial charge in [0.1, 0.15) is 0 Å². The maximum Gasteiger partial charge on any atom is 0.248 e. The van der Waals surface area contributed by atoms with Gasteiger partial charge in [0.2, 0.25) is 5.56 Å². The second-order valence-electron chi connectivity index (χ2n) is 3.45. The van der Waals surface area contributed by atoms with Crippen LogP contribution in [-0.4, -0.2) is 16.1 Å². The minimum absolute atomic E-state index is 0.163. The van der Waals surface area contributed by atoms with Gasteiger partial charge < -0.3 is 15.8 Å². The summed E-state index contributed by atoms with van der Waals surface area (Å²) < 4.78 is 0. The van der Waals surface area contributed by atoms with Gasteiger partial charge >= 0.3 is 0 Å². The maximum atomic E-state index is 10.9. The molecule has 4 nitrogen and oxygen atoms in total. The Bertz CT molecular complexity index is 359. The number of aliphatic hydroxyl groups excluding tert-OH is 1. The number of nitrogens with two attached hydrogens (primary N) is 1. The minimum Gasteiger partial charge on any atom is -0.387 e. The SMILES string of the molecule is CC[C@H](N)[C@@H](O)c1c[nH]c(=O)cc1C. The Kier molecular flexibility index (Phi) is 3.43. The fourth-order valence-electron chi connectivity index (χ4n) is 1.36. The largest absolute Gasteiger partial charge is 0.387 e. The van der Waals surface area contributed by atoms with E-state index < -0.39 is 6.10 Å². The monoisotopic (exact) mass is 196 g/mol. The molecule has 0 bridgehead atoms. The van der Waals surface area contributed by atoms with Crippen LogP contribution in [0, 0.1) is 6.92 Å². The summed E-state index contributed by atoms with van der Waals surface area (Å²) in [6.07, 6.45) is 1.51. The van der Waals surface area contributed by atoms with Crippen molar-refractivity contribution in [1.82, 2.24) is 4.98 Å². The van der Waals surface area contributed by atoms with Gasteiger partial charge in [0.05, 0.1) is 6.10 Å². The molecule has 0 spiro atoms. The first-order chi connectivity index (χ1) is 6.56. The van der Waals surface area contributed by atoms with Crippen LogP contribution in [0.15, 0.2) is 17.1 Å². The molecule has 0 saturated heterocycles. The average Bonchev–Trinajstić information content (AvgIpc) is 2.15. The Morgan fingerprint density at radius 1 is 1.64 bits per heavy atom. The van der Waals surface area contributed by atoms with Crippen LogP contribution in [0.5, 0.6) is 0 Å². The van der Waals surface area contributed by atoms with Crippen LogP contribution in [0.2, 0.25) is 0 Å². The van der Waals surface area contributed by atoms with Gasteiger partial charge in [0.15, 0.2) is 0 Å². The zero-order valence-electron chi connectivity index (χ0n) is 8.45. The molecule has 1 aromatic heterocycles. The van der Waals surface area contributed by atoms with Crippen LogP contribution in [0.3, 0.4) is 0 Å². The van der Waals surface area contributed by atoms with Crippen LogP contribution in [0.4, 0.5) is 0 Å². The summed E-state index contributed by atoms with van der Waals surface area (Å²) in [5, 5.41) is 9.81. The normalized spacial score (nSPS) is 15.1. The Balaban J connectivity index is 3.01. The number of aliphatic hydroxyl groups is 1. The molecule has 0 amide bonds. The topological polar surface area (TPSA) is 79.1 Å². The lowest BCUT2D eigenvalue weighted by molar-refractivity contribution is 0.143. The zero-order valence-corrected chi connectivity index (χ0v) is 8.45. The third kappa shape index (κ3) is 2.21. The van der Waals surface area contributed by atoms with Gasteiger partial charge in [-0.05, 0) is 18.9 Å². The fourth-order valence-corrected chi connectivity index (χ4v) is 1.36. The van der Waals surface area contributed by atoms with Crippen molar-refractivity contribution in [3.8, 4) is 0 Å². The number of aromatic nitrogens is 1. The Morgan fingerprint density at radius 3 is 2.79 bits per heavy atom. The predicted molar refractivity (Wildman–Crippen MR) is 55.0 cm³/mol. The van der Waals surface area contributed by atoms with E-state index in [1.165, 1.54) is 12.3 Å². The third-order valence-electron chi connectivity index (χ3n) is 2.37. The van der Waals surface area contributed by atoms with Gasteiger partial charge in [-0.1, -0.05) is 6.92 Å². The molecule has 1 aromatic rings. The summed E-state index contributed by atoms with van der Waals surface area (Å²) >= 11 is 0. The van der Waals surface area contributed by atoms with Crippen molar-refractivity contribution in [2.45, 2.75) is 32.4 Å². The number of nitrogens with one attached hydrogen (secondary N) is 1.